The molecule has 1 saturated carbocycles. The average molecular weight is 660 g/mol. The van der Waals surface area contributed by atoms with E-state index in [2.05, 4.69) is 50.9 Å². The summed E-state index contributed by atoms with van der Waals surface area (Å²) in [5.74, 6) is 2.00. The molecule has 1 aromatic heterocycles. The van der Waals surface area contributed by atoms with Crippen molar-refractivity contribution in [3.63, 3.8) is 0 Å². The molecular weight excluding hydrogens is 610 g/mol. The molecule has 6 rings (SSSR count). The summed E-state index contributed by atoms with van der Waals surface area (Å²) in [7, 11) is 0. The van der Waals surface area contributed by atoms with Crippen LogP contribution in [0.25, 0.3) is 16.7 Å². The normalized spacial score (nSPS) is 18.2. The third-order valence-electron chi connectivity index (χ3n) is 10.3. The molecule has 1 heterocycles. The number of aryl methyl sites for hydroxylation is 2. The maximum absolute atomic E-state index is 12.9. The highest BCUT2D eigenvalue weighted by atomic mass is 16.5. The Balaban J connectivity index is 1.09. The number of nitrogens with zero attached hydrogens (tertiary/aromatic N) is 3. The van der Waals surface area contributed by atoms with Crippen LogP contribution in [-0.4, -0.2) is 37.6 Å². The average Bonchev–Trinajstić information content (AvgIpc) is 3.68. The van der Waals surface area contributed by atoms with E-state index in [1.807, 2.05) is 55.5 Å². The van der Waals surface area contributed by atoms with E-state index in [4.69, 9.17) is 4.74 Å². The summed E-state index contributed by atoms with van der Waals surface area (Å²) in [6, 6.07) is 25.8. The Morgan fingerprint density at radius 3 is 2.20 bits per heavy atom. The van der Waals surface area contributed by atoms with Crippen molar-refractivity contribution in [1.82, 2.24) is 15.0 Å². The molecule has 3 atom stereocenters. The number of aromatic nitrogens is 3. The molecule has 1 aliphatic carbocycles. The summed E-state index contributed by atoms with van der Waals surface area (Å²) in [4.78, 5) is 14.4. The van der Waals surface area contributed by atoms with Gasteiger partial charge in [0.05, 0.1) is 12.2 Å². The zero-order valence-corrected chi connectivity index (χ0v) is 29.6. The molecule has 0 aliphatic heterocycles. The van der Waals surface area contributed by atoms with E-state index in [1.54, 1.807) is 35.1 Å². The molecule has 4 aromatic carbocycles. The first-order valence-corrected chi connectivity index (χ1v) is 17.5. The third kappa shape index (κ3) is 7.82. The maximum atomic E-state index is 12.9. The molecule has 3 unspecified atom stereocenters. The minimum Gasteiger partial charge on any atom is -0.507 e. The molecule has 256 valence electrons. The Hall–Kier alpha value is -4.65. The topological polar surface area (TPSA) is 97.5 Å². The van der Waals surface area contributed by atoms with Crippen LogP contribution in [0.2, 0.25) is 0 Å². The van der Waals surface area contributed by atoms with Crippen LogP contribution in [0.15, 0.2) is 84.9 Å². The van der Waals surface area contributed by atoms with Gasteiger partial charge < -0.3 is 14.9 Å². The summed E-state index contributed by atoms with van der Waals surface area (Å²) in [6.07, 6.45) is 5.04. The molecule has 7 nitrogen and oxygen atoms in total. The Morgan fingerprint density at radius 2 is 1.55 bits per heavy atom. The van der Waals surface area contributed by atoms with Crippen molar-refractivity contribution in [2.24, 2.45) is 28.6 Å². The fourth-order valence-corrected chi connectivity index (χ4v) is 7.89. The zero-order valence-electron chi connectivity index (χ0n) is 29.6. The molecule has 5 aromatic rings. The van der Waals surface area contributed by atoms with Gasteiger partial charge in [-0.25, -0.2) is 0 Å². The Labute approximate surface area is 290 Å². The van der Waals surface area contributed by atoms with Gasteiger partial charge in [-0.05, 0) is 109 Å². The predicted molar refractivity (Wildman–Crippen MR) is 195 cm³/mol. The van der Waals surface area contributed by atoms with Crippen molar-refractivity contribution in [3.05, 3.63) is 107 Å². The largest absolute Gasteiger partial charge is 0.507 e. The smallest absolute Gasteiger partial charge is 0.196 e. The van der Waals surface area contributed by atoms with Crippen molar-refractivity contribution < 1.29 is 19.7 Å². The number of rotatable bonds is 11. The molecule has 49 heavy (non-hydrogen) atoms. The van der Waals surface area contributed by atoms with E-state index in [9.17, 15) is 15.0 Å². The number of phenols is 2. The predicted octanol–water partition coefficient (Wildman–Crippen LogP) is 9.49. The second kappa shape index (κ2) is 13.7. The number of phenolic OH excluding ortho intramolecular Hbond substituents is 2. The molecule has 0 saturated heterocycles. The molecule has 0 spiro atoms. The van der Waals surface area contributed by atoms with Crippen LogP contribution >= 0.6 is 0 Å². The minimum absolute atomic E-state index is 0.0640. The van der Waals surface area contributed by atoms with Crippen molar-refractivity contribution in [3.8, 4) is 22.9 Å². The molecule has 2 N–H and O–H groups in total. The van der Waals surface area contributed by atoms with Crippen molar-refractivity contribution in [2.75, 3.05) is 6.61 Å². The molecule has 1 fully saturated rings. The van der Waals surface area contributed by atoms with Crippen LogP contribution in [0.4, 0.5) is 0 Å². The van der Waals surface area contributed by atoms with Gasteiger partial charge in [0.2, 0.25) is 0 Å². The second-order valence-corrected chi connectivity index (χ2v) is 15.9. The Kier molecular flexibility index (Phi) is 9.56. The lowest BCUT2D eigenvalue weighted by molar-refractivity contribution is 0.103. The molecular formula is C42H49N3O4. The van der Waals surface area contributed by atoms with Gasteiger partial charge in [-0.15, -0.1) is 15.0 Å². The van der Waals surface area contributed by atoms with Crippen LogP contribution < -0.4 is 4.74 Å². The van der Waals surface area contributed by atoms with Crippen LogP contribution in [-0.2, 0) is 6.42 Å². The van der Waals surface area contributed by atoms with Gasteiger partial charge >= 0.3 is 0 Å². The number of ether oxygens (including phenoxy) is 1. The summed E-state index contributed by atoms with van der Waals surface area (Å²) in [6.45, 7) is 14.3. The van der Waals surface area contributed by atoms with Crippen LogP contribution in [0.5, 0.6) is 17.2 Å². The fourth-order valence-electron chi connectivity index (χ4n) is 7.89. The van der Waals surface area contributed by atoms with Crippen molar-refractivity contribution in [2.45, 2.75) is 73.6 Å². The first-order valence-electron chi connectivity index (χ1n) is 17.5. The monoisotopic (exact) mass is 659 g/mol. The summed E-state index contributed by atoms with van der Waals surface area (Å²) in [5.41, 5.74) is 5.23. The quantitative estimate of drug-likeness (QED) is 0.137. The van der Waals surface area contributed by atoms with Crippen molar-refractivity contribution in [1.29, 1.82) is 0 Å². The molecule has 7 heteroatoms. The first-order chi connectivity index (χ1) is 23.3. The van der Waals surface area contributed by atoms with E-state index in [0.29, 0.717) is 41.4 Å². The SMILES string of the molecule is Cc1cc(CCC(C)(C)CC2CC(COc3ccc(C(=O)c4ccccc4)c(O)c3)C(C(C)(C)C)C2)c(O)c(-n2nc3ccccc3n2)c1. The van der Waals surface area contributed by atoms with Gasteiger partial charge in [0.1, 0.15) is 34.0 Å². The van der Waals surface area contributed by atoms with Gasteiger partial charge in [-0.1, -0.05) is 83.1 Å². The Morgan fingerprint density at radius 1 is 0.878 bits per heavy atom. The van der Waals surface area contributed by atoms with E-state index in [-0.39, 0.29) is 33.7 Å². The van der Waals surface area contributed by atoms with Gasteiger partial charge in [-0.3, -0.25) is 4.79 Å². The standard InChI is InChI=1S/C42H49N3O4/c1-27-20-30(40(48)37(21-27)45-43-35-14-10-11-15-36(35)44-45)18-19-42(5,6)25-28-22-31(34(23-28)41(2,3)4)26-49-32-16-17-33(38(46)24-32)39(47)29-12-8-7-9-13-29/h7-17,20-21,24,28,31,34,46,48H,18-19,22-23,25-26H2,1-6H3. The summed E-state index contributed by atoms with van der Waals surface area (Å²) in [5, 5.41) is 31.3. The highest BCUT2D eigenvalue weighted by Gasteiger charge is 2.42. The van der Waals surface area contributed by atoms with Gasteiger partial charge in [-0.2, -0.15) is 0 Å². The number of carbonyl (C=O) groups excluding carboxylic acids is 1. The number of hydrogen-bond acceptors (Lipinski definition) is 6. The zero-order chi connectivity index (χ0) is 34.9. The summed E-state index contributed by atoms with van der Waals surface area (Å²) < 4.78 is 6.30. The lowest BCUT2D eigenvalue weighted by atomic mass is 9.74. The second-order valence-electron chi connectivity index (χ2n) is 15.9. The number of carbonyl (C=O) groups is 1. The highest BCUT2D eigenvalue weighted by Crippen LogP contribution is 2.50. The van der Waals surface area contributed by atoms with Gasteiger partial charge in [0.25, 0.3) is 0 Å². The van der Waals surface area contributed by atoms with E-state index < -0.39 is 0 Å². The number of hydrogen-bond donors (Lipinski definition) is 2. The third-order valence-corrected chi connectivity index (χ3v) is 10.3. The minimum atomic E-state index is -0.208. The van der Waals surface area contributed by atoms with Gasteiger partial charge in [0, 0.05) is 11.6 Å². The lowest BCUT2D eigenvalue weighted by Gasteiger charge is -2.32. The molecule has 0 bridgehead atoms. The van der Waals surface area contributed by atoms with E-state index in [1.165, 1.54) is 0 Å². The summed E-state index contributed by atoms with van der Waals surface area (Å²) >= 11 is 0. The van der Waals surface area contributed by atoms with E-state index in [0.717, 1.165) is 54.3 Å². The van der Waals surface area contributed by atoms with Gasteiger partial charge in [0.15, 0.2) is 5.78 Å². The highest BCUT2D eigenvalue weighted by molar-refractivity contribution is 6.10. The number of ketones is 1. The fraction of sp³-hybridized carbons (Fsp3) is 0.405. The first kappa shape index (κ1) is 34.2. The number of fused-ring (bicyclic) bond motifs is 1. The maximum Gasteiger partial charge on any atom is 0.196 e. The molecule has 0 radical (unpaired) electrons. The Bertz CT molecular complexity index is 1910. The lowest BCUT2D eigenvalue weighted by Crippen LogP contribution is -2.27. The van der Waals surface area contributed by atoms with Crippen LogP contribution in [0.1, 0.15) is 87.4 Å². The number of benzene rings is 4. The van der Waals surface area contributed by atoms with Crippen LogP contribution in [0, 0.1) is 35.5 Å². The van der Waals surface area contributed by atoms with E-state index >= 15 is 0 Å². The van der Waals surface area contributed by atoms with Crippen molar-refractivity contribution >= 4 is 16.8 Å². The number of aromatic hydroxyl groups is 2. The molecule has 1 aliphatic rings. The molecule has 0 amide bonds. The van der Waals surface area contributed by atoms with Crippen LogP contribution in [0.3, 0.4) is 0 Å².